The maximum atomic E-state index is 5.38. The van der Waals surface area contributed by atoms with E-state index in [1.165, 1.54) is 30.8 Å². The molecule has 88 valence electrons. The molecule has 1 atom stereocenters. The molecule has 2 heterocycles. The van der Waals surface area contributed by atoms with Crippen molar-refractivity contribution in [2.24, 2.45) is 5.41 Å². The van der Waals surface area contributed by atoms with Crippen molar-refractivity contribution in [1.29, 1.82) is 0 Å². The van der Waals surface area contributed by atoms with Crippen LogP contribution in [-0.4, -0.2) is 36.8 Å². The van der Waals surface area contributed by atoms with Gasteiger partial charge in [-0.25, -0.2) is 0 Å². The lowest BCUT2D eigenvalue weighted by atomic mass is 9.87. The minimum Gasteiger partial charge on any atom is -0.381 e. The van der Waals surface area contributed by atoms with Crippen LogP contribution in [0.4, 0.5) is 0 Å². The van der Waals surface area contributed by atoms with E-state index in [-0.39, 0.29) is 0 Å². The number of rotatable bonds is 2. The van der Waals surface area contributed by atoms with Gasteiger partial charge in [-0.05, 0) is 30.4 Å². The quantitative estimate of drug-likeness (QED) is 0.785. The van der Waals surface area contributed by atoms with Crippen molar-refractivity contribution in [3.05, 3.63) is 0 Å². The Morgan fingerprint density at radius 3 is 2.60 bits per heavy atom. The molecule has 2 aliphatic heterocycles. The molecule has 2 aliphatic rings. The first-order valence-electron chi connectivity index (χ1n) is 6.07. The molecule has 0 aliphatic carbocycles. The Labute approximate surface area is 97.5 Å². The molecule has 2 fully saturated rings. The van der Waals surface area contributed by atoms with Gasteiger partial charge in [0.25, 0.3) is 0 Å². The third-order valence-corrected chi connectivity index (χ3v) is 4.93. The summed E-state index contributed by atoms with van der Waals surface area (Å²) in [6.45, 7) is 6.66. The van der Waals surface area contributed by atoms with Crippen LogP contribution < -0.4 is 5.32 Å². The number of nitrogens with one attached hydrogen (secondary N) is 1. The first kappa shape index (κ1) is 11.7. The molecule has 2 saturated heterocycles. The average Bonchev–Trinajstić information content (AvgIpc) is 2.17. The summed E-state index contributed by atoms with van der Waals surface area (Å²) in [5.74, 6) is 2.61. The van der Waals surface area contributed by atoms with Crippen LogP contribution in [0.15, 0.2) is 0 Å². The fourth-order valence-corrected chi connectivity index (χ4v) is 3.85. The zero-order valence-electron chi connectivity index (χ0n) is 9.92. The van der Waals surface area contributed by atoms with Gasteiger partial charge < -0.3 is 10.1 Å². The predicted molar refractivity (Wildman–Crippen MR) is 66.5 cm³/mol. The Balaban J connectivity index is 1.78. The highest BCUT2D eigenvalue weighted by Crippen LogP contribution is 2.33. The van der Waals surface area contributed by atoms with Crippen molar-refractivity contribution in [2.45, 2.75) is 45.2 Å². The molecule has 3 heteroatoms. The zero-order chi connectivity index (χ0) is 10.7. The van der Waals surface area contributed by atoms with E-state index in [1.807, 2.05) is 0 Å². The second kappa shape index (κ2) is 5.07. The van der Waals surface area contributed by atoms with Crippen molar-refractivity contribution in [2.75, 3.05) is 24.7 Å². The first-order chi connectivity index (χ1) is 7.16. The van der Waals surface area contributed by atoms with E-state index >= 15 is 0 Å². The van der Waals surface area contributed by atoms with Crippen LogP contribution in [0, 0.1) is 5.41 Å². The van der Waals surface area contributed by atoms with E-state index in [1.54, 1.807) is 0 Å². The molecule has 0 bridgehead atoms. The largest absolute Gasteiger partial charge is 0.381 e. The number of hydrogen-bond acceptors (Lipinski definition) is 3. The van der Waals surface area contributed by atoms with E-state index in [0.717, 1.165) is 19.3 Å². The Morgan fingerprint density at radius 1 is 1.20 bits per heavy atom. The van der Waals surface area contributed by atoms with Crippen LogP contribution in [0.5, 0.6) is 0 Å². The Hall–Kier alpha value is 0.270. The van der Waals surface area contributed by atoms with E-state index < -0.39 is 0 Å². The fourth-order valence-electron chi connectivity index (χ4n) is 2.57. The van der Waals surface area contributed by atoms with Crippen LogP contribution in [-0.2, 0) is 4.74 Å². The predicted octanol–water partition coefficient (Wildman–Crippen LogP) is 2.29. The van der Waals surface area contributed by atoms with Gasteiger partial charge in [0.15, 0.2) is 0 Å². The smallest absolute Gasteiger partial charge is 0.0480 e. The minimum atomic E-state index is 0.520. The first-order valence-corrected chi connectivity index (χ1v) is 7.23. The zero-order valence-corrected chi connectivity index (χ0v) is 10.7. The maximum Gasteiger partial charge on any atom is 0.0480 e. The monoisotopic (exact) mass is 229 g/mol. The van der Waals surface area contributed by atoms with Crippen molar-refractivity contribution < 1.29 is 4.74 Å². The number of hydrogen-bond donors (Lipinski definition) is 1. The molecule has 0 saturated carbocycles. The average molecular weight is 229 g/mol. The van der Waals surface area contributed by atoms with Crippen LogP contribution in [0.25, 0.3) is 0 Å². The molecule has 2 nitrogen and oxygen atoms in total. The highest BCUT2D eigenvalue weighted by molar-refractivity contribution is 7.99. The lowest BCUT2D eigenvalue weighted by Gasteiger charge is -2.37. The second-order valence-electron chi connectivity index (χ2n) is 5.63. The standard InChI is InChI=1S/C12H23NOS/c1-12(2)7-11(8-15-9-12)13-10-3-5-14-6-4-10/h10-11,13H,3-9H2,1-2H3. The van der Waals surface area contributed by atoms with E-state index in [9.17, 15) is 0 Å². The van der Waals surface area contributed by atoms with Crippen molar-refractivity contribution in [3.8, 4) is 0 Å². The molecular formula is C12H23NOS. The highest BCUT2D eigenvalue weighted by atomic mass is 32.2. The van der Waals surface area contributed by atoms with Crippen LogP contribution in [0.1, 0.15) is 33.1 Å². The van der Waals surface area contributed by atoms with Gasteiger partial charge in [0.2, 0.25) is 0 Å². The van der Waals surface area contributed by atoms with E-state index in [2.05, 4.69) is 30.9 Å². The van der Waals surface area contributed by atoms with Crippen LogP contribution >= 0.6 is 11.8 Å². The van der Waals surface area contributed by atoms with E-state index in [0.29, 0.717) is 11.5 Å². The Kier molecular flexibility index (Phi) is 3.97. The Bertz CT molecular complexity index is 202. The van der Waals surface area contributed by atoms with Gasteiger partial charge in [-0.1, -0.05) is 13.8 Å². The van der Waals surface area contributed by atoms with Gasteiger partial charge in [0.1, 0.15) is 0 Å². The highest BCUT2D eigenvalue weighted by Gasteiger charge is 2.29. The molecule has 0 aromatic heterocycles. The molecule has 1 N–H and O–H groups in total. The Morgan fingerprint density at radius 2 is 1.93 bits per heavy atom. The topological polar surface area (TPSA) is 21.3 Å². The summed E-state index contributed by atoms with van der Waals surface area (Å²) in [6, 6.07) is 1.43. The summed E-state index contributed by atoms with van der Waals surface area (Å²) in [4.78, 5) is 0. The van der Waals surface area contributed by atoms with Gasteiger partial charge in [0, 0.05) is 31.1 Å². The maximum absolute atomic E-state index is 5.38. The summed E-state index contributed by atoms with van der Waals surface area (Å²) >= 11 is 2.10. The molecule has 15 heavy (non-hydrogen) atoms. The molecular weight excluding hydrogens is 206 g/mol. The summed E-state index contributed by atoms with van der Waals surface area (Å²) in [6.07, 6.45) is 3.72. The molecule has 0 aromatic rings. The molecule has 2 rings (SSSR count). The van der Waals surface area contributed by atoms with E-state index in [4.69, 9.17) is 4.74 Å². The third kappa shape index (κ3) is 3.65. The lowest BCUT2D eigenvalue weighted by molar-refractivity contribution is 0.0738. The van der Waals surface area contributed by atoms with Crippen LogP contribution in [0.2, 0.25) is 0 Å². The summed E-state index contributed by atoms with van der Waals surface area (Å²) < 4.78 is 5.38. The number of ether oxygens (including phenoxy) is 1. The number of thioether (sulfide) groups is 1. The summed E-state index contributed by atoms with van der Waals surface area (Å²) in [7, 11) is 0. The van der Waals surface area contributed by atoms with Crippen molar-refractivity contribution >= 4 is 11.8 Å². The van der Waals surface area contributed by atoms with Crippen molar-refractivity contribution in [3.63, 3.8) is 0 Å². The van der Waals surface area contributed by atoms with Gasteiger partial charge in [0.05, 0.1) is 0 Å². The molecule has 0 aromatic carbocycles. The van der Waals surface area contributed by atoms with Crippen LogP contribution in [0.3, 0.4) is 0 Å². The fraction of sp³-hybridized carbons (Fsp3) is 1.00. The lowest BCUT2D eigenvalue weighted by Crippen LogP contribution is -2.47. The third-order valence-electron chi connectivity index (χ3n) is 3.30. The van der Waals surface area contributed by atoms with Gasteiger partial charge >= 0.3 is 0 Å². The molecule has 1 unspecified atom stereocenters. The SMILES string of the molecule is CC1(C)CSCC(NC2CCOCC2)C1. The van der Waals surface area contributed by atoms with Crippen molar-refractivity contribution in [1.82, 2.24) is 5.32 Å². The summed E-state index contributed by atoms with van der Waals surface area (Å²) in [5.41, 5.74) is 0.520. The second-order valence-corrected chi connectivity index (χ2v) is 6.66. The summed E-state index contributed by atoms with van der Waals surface area (Å²) in [5, 5.41) is 3.81. The van der Waals surface area contributed by atoms with Gasteiger partial charge in [-0.3, -0.25) is 0 Å². The normalized spacial score (nSPS) is 32.8. The van der Waals surface area contributed by atoms with Gasteiger partial charge in [-0.2, -0.15) is 11.8 Å². The molecule has 0 spiro atoms. The minimum absolute atomic E-state index is 0.520. The van der Waals surface area contributed by atoms with Gasteiger partial charge in [-0.15, -0.1) is 0 Å². The molecule has 0 radical (unpaired) electrons. The molecule has 0 amide bonds.